The molecule has 0 aliphatic carbocycles. The summed E-state index contributed by atoms with van der Waals surface area (Å²) >= 11 is 0. The van der Waals surface area contributed by atoms with Crippen LogP contribution in [0.15, 0.2) is 18.2 Å². The molecule has 0 heterocycles. The summed E-state index contributed by atoms with van der Waals surface area (Å²) in [5.74, 6) is 0.749. The average molecular weight is 271 g/mol. The number of nitrogens with two attached hydrogens (primary N) is 1. The number of hydrogen-bond donors (Lipinski definition) is 1. The lowest BCUT2D eigenvalue weighted by Crippen LogP contribution is -2.11. The predicted molar refractivity (Wildman–Crippen MR) is 73.4 cm³/mol. The van der Waals surface area contributed by atoms with Gasteiger partial charge in [-0.05, 0) is 31.5 Å². The van der Waals surface area contributed by atoms with Gasteiger partial charge in [0, 0.05) is 17.4 Å². The summed E-state index contributed by atoms with van der Waals surface area (Å²) in [5, 5.41) is 0. The van der Waals surface area contributed by atoms with Gasteiger partial charge in [0.1, 0.15) is 5.75 Å². The van der Waals surface area contributed by atoms with Crippen LogP contribution in [0.4, 0.5) is 0 Å². The van der Waals surface area contributed by atoms with E-state index in [4.69, 9.17) is 10.5 Å². The Morgan fingerprint density at radius 3 is 2.50 bits per heavy atom. The summed E-state index contributed by atoms with van der Waals surface area (Å²) in [4.78, 5) is 0. The first kappa shape index (κ1) is 15.0. The van der Waals surface area contributed by atoms with Gasteiger partial charge >= 0.3 is 0 Å². The molecule has 0 aliphatic heterocycles. The Kier molecular flexibility index (Phi) is 5.16. The van der Waals surface area contributed by atoms with Crippen molar-refractivity contribution in [1.82, 2.24) is 0 Å². The summed E-state index contributed by atoms with van der Waals surface area (Å²) in [6.07, 6.45) is 0. The van der Waals surface area contributed by atoms with Crippen molar-refractivity contribution in [2.45, 2.75) is 32.6 Å². The van der Waals surface area contributed by atoms with E-state index in [1.807, 2.05) is 26.0 Å². The number of benzene rings is 1. The zero-order chi connectivity index (χ0) is 13.8. The number of ether oxygens (including phenoxy) is 1. The molecule has 5 heteroatoms. The second-order valence-corrected chi connectivity index (χ2v) is 6.62. The summed E-state index contributed by atoms with van der Waals surface area (Å²) in [5.41, 5.74) is 7.42. The maximum Gasteiger partial charge on any atom is 0.154 e. The molecule has 102 valence electrons. The van der Waals surface area contributed by atoms with Crippen LogP contribution in [0, 0.1) is 0 Å². The second kappa shape index (κ2) is 6.20. The Balaban J connectivity index is 3.15. The molecule has 1 rings (SSSR count). The molecule has 0 aromatic heterocycles. The molecule has 1 aromatic rings. The molecule has 1 atom stereocenters. The molecule has 0 saturated heterocycles. The predicted octanol–water partition coefficient (Wildman–Crippen LogP) is 2.04. The van der Waals surface area contributed by atoms with Crippen molar-refractivity contribution in [1.29, 1.82) is 0 Å². The Morgan fingerprint density at radius 1 is 1.33 bits per heavy atom. The van der Waals surface area contributed by atoms with Crippen LogP contribution in [0.3, 0.4) is 0 Å². The van der Waals surface area contributed by atoms with Crippen molar-refractivity contribution in [3.05, 3.63) is 29.3 Å². The zero-order valence-electron chi connectivity index (χ0n) is 11.1. The highest BCUT2D eigenvalue weighted by atomic mass is 32.2. The van der Waals surface area contributed by atoms with E-state index >= 15 is 0 Å². The maximum absolute atomic E-state index is 11.7. The Morgan fingerprint density at radius 2 is 2.00 bits per heavy atom. The second-order valence-electron chi connectivity index (χ2n) is 4.27. The molecule has 1 unspecified atom stereocenters. The van der Waals surface area contributed by atoms with Crippen molar-refractivity contribution in [2.24, 2.45) is 5.73 Å². The summed E-state index contributed by atoms with van der Waals surface area (Å²) < 4.78 is 28.9. The van der Waals surface area contributed by atoms with E-state index in [1.165, 1.54) is 0 Å². The van der Waals surface area contributed by atoms with Gasteiger partial charge in [-0.1, -0.05) is 13.0 Å². The van der Waals surface area contributed by atoms with Gasteiger partial charge < -0.3 is 10.5 Å². The van der Waals surface area contributed by atoms with Gasteiger partial charge in [0.25, 0.3) is 0 Å². The van der Waals surface area contributed by atoms with Crippen LogP contribution in [-0.2, 0) is 15.6 Å². The molecule has 2 N–H and O–H groups in total. The van der Waals surface area contributed by atoms with E-state index in [0.29, 0.717) is 17.9 Å². The average Bonchev–Trinajstić information content (AvgIpc) is 2.31. The lowest BCUT2D eigenvalue weighted by molar-refractivity contribution is 0.337. The quantitative estimate of drug-likeness (QED) is 0.859. The molecule has 0 bridgehead atoms. The van der Waals surface area contributed by atoms with Crippen LogP contribution in [0.5, 0.6) is 5.75 Å². The number of rotatable bonds is 6. The summed E-state index contributed by atoms with van der Waals surface area (Å²) in [6, 6.07) is 5.37. The topological polar surface area (TPSA) is 69.4 Å². The van der Waals surface area contributed by atoms with Gasteiger partial charge in [0.05, 0.1) is 12.4 Å². The molecule has 0 spiro atoms. The fourth-order valence-electron chi connectivity index (χ4n) is 1.63. The lowest BCUT2D eigenvalue weighted by atomic mass is 10.1. The molecule has 4 nitrogen and oxygen atoms in total. The third kappa shape index (κ3) is 3.99. The SMILES string of the molecule is CCOc1ccc(C(C)N)cc1CS(=O)(=O)CC. The fourth-order valence-corrected chi connectivity index (χ4v) is 2.53. The minimum atomic E-state index is -3.08. The van der Waals surface area contributed by atoms with Crippen molar-refractivity contribution < 1.29 is 13.2 Å². The first-order valence-corrected chi connectivity index (χ1v) is 7.93. The molecule has 1 aromatic carbocycles. The molecule has 0 fully saturated rings. The molecule has 18 heavy (non-hydrogen) atoms. The summed E-state index contributed by atoms with van der Waals surface area (Å²) in [7, 11) is -3.08. The highest BCUT2D eigenvalue weighted by Gasteiger charge is 2.14. The molecule has 0 saturated carbocycles. The van der Waals surface area contributed by atoms with Gasteiger partial charge in [0.2, 0.25) is 0 Å². The monoisotopic (exact) mass is 271 g/mol. The first-order valence-electron chi connectivity index (χ1n) is 6.11. The number of hydrogen-bond acceptors (Lipinski definition) is 4. The minimum absolute atomic E-state index is 0.000602. The van der Waals surface area contributed by atoms with Crippen molar-refractivity contribution in [3.8, 4) is 5.75 Å². The molecule has 0 amide bonds. The molecular weight excluding hydrogens is 250 g/mol. The lowest BCUT2D eigenvalue weighted by Gasteiger charge is -2.13. The van der Waals surface area contributed by atoms with Crippen LogP contribution in [0.1, 0.15) is 37.9 Å². The van der Waals surface area contributed by atoms with E-state index in [-0.39, 0.29) is 17.5 Å². The molecule has 0 radical (unpaired) electrons. The maximum atomic E-state index is 11.7. The van der Waals surface area contributed by atoms with Crippen molar-refractivity contribution >= 4 is 9.84 Å². The Labute approximate surface area is 109 Å². The van der Waals surface area contributed by atoms with E-state index in [0.717, 1.165) is 5.56 Å². The molecule has 0 aliphatic rings. The Bertz CT molecular complexity index is 495. The Hall–Kier alpha value is -1.07. The van der Waals surface area contributed by atoms with Gasteiger partial charge in [0.15, 0.2) is 9.84 Å². The van der Waals surface area contributed by atoms with E-state index in [1.54, 1.807) is 13.0 Å². The van der Waals surface area contributed by atoms with E-state index in [9.17, 15) is 8.42 Å². The van der Waals surface area contributed by atoms with Gasteiger partial charge in [-0.3, -0.25) is 0 Å². The van der Waals surface area contributed by atoms with Gasteiger partial charge in [-0.25, -0.2) is 8.42 Å². The number of sulfone groups is 1. The van der Waals surface area contributed by atoms with Crippen molar-refractivity contribution in [3.63, 3.8) is 0 Å². The van der Waals surface area contributed by atoms with Crippen LogP contribution in [-0.4, -0.2) is 20.8 Å². The zero-order valence-corrected chi connectivity index (χ0v) is 12.0. The van der Waals surface area contributed by atoms with Gasteiger partial charge in [-0.2, -0.15) is 0 Å². The summed E-state index contributed by atoms with van der Waals surface area (Å²) in [6.45, 7) is 5.90. The van der Waals surface area contributed by atoms with Crippen LogP contribution in [0.25, 0.3) is 0 Å². The third-order valence-electron chi connectivity index (χ3n) is 2.73. The van der Waals surface area contributed by atoms with Crippen LogP contribution >= 0.6 is 0 Å². The largest absolute Gasteiger partial charge is 0.494 e. The first-order chi connectivity index (χ1) is 8.39. The van der Waals surface area contributed by atoms with E-state index in [2.05, 4.69) is 0 Å². The highest BCUT2D eigenvalue weighted by Crippen LogP contribution is 2.25. The minimum Gasteiger partial charge on any atom is -0.494 e. The van der Waals surface area contributed by atoms with E-state index < -0.39 is 9.84 Å². The van der Waals surface area contributed by atoms with Crippen molar-refractivity contribution in [2.75, 3.05) is 12.4 Å². The standard InChI is InChI=1S/C13H21NO3S/c1-4-17-13-7-6-11(10(3)14)8-12(13)9-18(15,16)5-2/h6-8,10H,4-5,9,14H2,1-3H3. The third-order valence-corrected chi connectivity index (χ3v) is 4.36. The fraction of sp³-hybridized carbons (Fsp3) is 0.538. The van der Waals surface area contributed by atoms with Gasteiger partial charge in [-0.15, -0.1) is 0 Å². The van der Waals surface area contributed by atoms with Crippen LogP contribution in [0.2, 0.25) is 0 Å². The smallest absolute Gasteiger partial charge is 0.154 e. The normalized spacial score (nSPS) is 13.3. The molecular formula is C13H21NO3S. The van der Waals surface area contributed by atoms with Crippen LogP contribution < -0.4 is 10.5 Å². The highest BCUT2D eigenvalue weighted by molar-refractivity contribution is 7.90.